The third kappa shape index (κ3) is 5.46. The number of hydrogen-bond donors (Lipinski definition) is 1. The van der Waals surface area contributed by atoms with Crippen LogP contribution in [0.3, 0.4) is 0 Å². The highest BCUT2D eigenvalue weighted by Gasteiger charge is 2.33. The van der Waals surface area contributed by atoms with Crippen molar-refractivity contribution < 1.29 is 25.6 Å². The number of benzene rings is 5. The zero-order valence-corrected chi connectivity index (χ0v) is 25.6. The van der Waals surface area contributed by atoms with Crippen LogP contribution in [0, 0.1) is 0 Å². The molecule has 1 aliphatic carbocycles. The van der Waals surface area contributed by atoms with Gasteiger partial charge in [-0.15, -0.1) is 0 Å². The van der Waals surface area contributed by atoms with Crippen molar-refractivity contribution in [1.29, 1.82) is 0 Å². The Hall–Kier alpha value is -3.98. The van der Waals surface area contributed by atoms with E-state index in [1.54, 1.807) is 0 Å². The van der Waals surface area contributed by atoms with Crippen molar-refractivity contribution in [1.82, 2.24) is 0 Å². The van der Waals surface area contributed by atoms with E-state index in [1.165, 1.54) is 6.07 Å². The van der Waals surface area contributed by atoms with E-state index in [0.717, 1.165) is 34.7 Å². The fourth-order valence-corrected chi connectivity index (χ4v) is 8.35. The van der Waals surface area contributed by atoms with Crippen LogP contribution in [-0.2, 0) is 33.1 Å². The summed E-state index contributed by atoms with van der Waals surface area (Å²) >= 11 is 0. The van der Waals surface area contributed by atoms with E-state index in [-0.39, 0.29) is 21.5 Å². The minimum Gasteiger partial charge on any atom is -0.378 e. The first-order valence-corrected chi connectivity index (χ1v) is 17.2. The summed E-state index contributed by atoms with van der Waals surface area (Å²) in [4.78, 5) is -0.127. The van der Waals surface area contributed by atoms with E-state index in [4.69, 9.17) is 4.18 Å². The topological polar surface area (TPSA) is 97.7 Å². The van der Waals surface area contributed by atoms with Gasteiger partial charge in [0.2, 0.25) is 0 Å². The lowest BCUT2D eigenvalue weighted by molar-refractivity contribution is 0.470. The van der Waals surface area contributed by atoms with Crippen molar-refractivity contribution in [3.05, 3.63) is 114 Å². The molecule has 0 saturated heterocycles. The Morgan fingerprint density at radius 2 is 1.30 bits per heavy atom. The van der Waals surface area contributed by atoms with Gasteiger partial charge >= 0.3 is 10.1 Å². The lowest BCUT2D eigenvalue weighted by Gasteiger charge is -2.26. The van der Waals surface area contributed by atoms with Crippen LogP contribution in [0.25, 0.3) is 33.0 Å². The molecule has 0 radical (unpaired) electrons. The minimum atomic E-state index is -4.53. The smallest absolute Gasteiger partial charge is 0.340 e. The van der Waals surface area contributed by atoms with Crippen LogP contribution in [0.2, 0.25) is 0 Å². The minimum absolute atomic E-state index is 0.0433. The second-order valence-electron chi connectivity index (χ2n) is 11.2. The van der Waals surface area contributed by atoms with Crippen molar-refractivity contribution in [2.45, 2.75) is 55.2 Å². The normalized spacial score (nSPS) is 13.7. The molecule has 0 spiro atoms. The summed E-state index contributed by atoms with van der Waals surface area (Å²) in [6.07, 6.45) is 2.32. The molecule has 1 N–H and O–H groups in total. The summed E-state index contributed by atoms with van der Waals surface area (Å²) in [6, 6.07) is 29.7. The molecule has 0 heterocycles. The number of fused-ring (bicyclic) bond motifs is 2. The Kier molecular flexibility index (Phi) is 7.62. The first kappa shape index (κ1) is 29.1. The van der Waals surface area contributed by atoms with Crippen LogP contribution in [0.1, 0.15) is 49.3 Å². The zero-order chi connectivity index (χ0) is 30.4. The molecule has 0 fully saturated rings. The van der Waals surface area contributed by atoms with Crippen molar-refractivity contribution in [2.75, 3.05) is 0 Å². The third-order valence-electron chi connectivity index (χ3n) is 8.08. The fourth-order valence-electron chi connectivity index (χ4n) is 6.12. The maximum absolute atomic E-state index is 14.8. The molecular weight excluding hydrogens is 581 g/mol. The van der Waals surface area contributed by atoms with Gasteiger partial charge in [0.1, 0.15) is 10.6 Å². The summed E-state index contributed by atoms with van der Waals surface area (Å²) in [5.41, 5.74) is 3.86. The number of rotatable bonds is 7. The van der Waals surface area contributed by atoms with Crippen LogP contribution in [0.4, 0.5) is 0 Å². The third-order valence-corrected chi connectivity index (χ3v) is 10.3. The highest BCUT2D eigenvalue weighted by molar-refractivity contribution is 7.87. The SMILES string of the molecule is CC(C)c1cc(S(=O)(=O)O)c2c(c1OS(=O)(=O)c1c(-c3ccccc3)cc3ccccc3c1-c1ccccc1)CCCC2. The van der Waals surface area contributed by atoms with Gasteiger partial charge in [-0.3, -0.25) is 4.55 Å². The van der Waals surface area contributed by atoms with Crippen molar-refractivity contribution in [2.24, 2.45) is 0 Å². The van der Waals surface area contributed by atoms with Gasteiger partial charge in [0.25, 0.3) is 10.1 Å². The van der Waals surface area contributed by atoms with Crippen LogP contribution in [-0.4, -0.2) is 21.4 Å². The molecule has 0 unspecified atom stereocenters. The monoisotopic (exact) mass is 612 g/mol. The van der Waals surface area contributed by atoms with Gasteiger partial charge < -0.3 is 4.18 Å². The van der Waals surface area contributed by atoms with Crippen molar-refractivity contribution in [3.63, 3.8) is 0 Å². The van der Waals surface area contributed by atoms with Gasteiger partial charge in [0.05, 0.1) is 4.90 Å². The average molecular weight is 613 g/mol. The molecule has 0 bridgehead atoms. The van der Waals surface area contributed by atoms with Crippen LogP contribution in [0.5, 0.6) is 5.75 Å². The largest absolute Gasteiger partial charge is 0.378 e. The van der Waals surface area contributed by atoms with E-state index in [1.807, 2.05) is 105 Å². The highest BCUT2D eigenvalue weighted by atomic mass is 32.2. The van der Waals surface area contributed by atoms with E-state index in [0.29, 0.717) is 40.7 Å². The second kappa shape index (κ2) is 11.3. The standard InChI is InChI=1S/C35H32O6S2/c1-23(2)30-22-32(42(36,37)38)28-19-11-12-20-29(28)34(30)41-43(39,40)35-31(24-13-5-3-6-14-24)21-26-17-9-10-18-27(26)33(35)25-15-7-4-8-16-25/h3-10,13-18,21-23H,11-12,19-20H2,1-2H3,(H,36,37,38). The van der Waals surface area contributed by atoms with Crippen molar-refractivity contribution in [3.8, 4) is 28.0 Å². The molecule has 0 atom stereocenters. The quantitative estimate of drug-likeness (QED) is 0.147. The predicted molar refractivity (Wildman–Crippen MR) is 170 cm³/mol. The Bertz CT molecular complexity index is 2050. The van der Waals surface area contributed by atoms with E-state index < -0.39 is 20.2 Å². The molecule has 8 heteroatoms. The lowest BCUT2D eigenvalue weighted by atomic mass is 9.87. The Labute approximate surface area is 252 Å². The van der Waals surface area contributed by atoms with E-state index in [9.17, 15) is 21.4 Å². The first-order chi connectivity index (χ1) is 20.6. The van der Waals surface area contributed by atoms with Gasteiger partial charge in [-0.1, -0.05) is 98.8 Å². The molecule has 0 aromatic heterocycles. The molecule has 6 nitrogen and oxygen atoms in total. The highest BCUT2D eigenvalue weighted by Crippen LogP contribution is 2.45. The maximum atomic E-state index is 14.8. The summed E-state index contributed by atoms with van der Waals surface area (Å²) < 4.78 is 70.7. The Balaban J connectivity index is 1.68. The molecule has 5 aromatic carbocycles. The summed E-state index contributed by atoms with van der Waals surface area (Å²) in [7, 11) is -9.04. The van der Waals surface area contributed by atoms with Crippen molar-refractivity contribution >= 4 is 31.0 Å². The van der Waals surface area contributed by atoms with E-state index in [2.05, 4.69) is 0 Å². The van der Waals surface area contributed by atoms with Gasteiger partial charge in [-0.2, -0.15) is 16.8 Å². The summed E-state index contributed by atoms with van der Waals surface area (Å²) in [6.45, 7) is 3.69. The Morgan fingerprint density at radius 3 is 1.93 bits per heavy atom. The van der Waals surface area contributed by atoms with Gasteiger partial charge in [0.15, 0.2) is 0 Å². The van der Waals surface area contributed by atoms with Gasteiger partial charge in [0, 0.05) is 22.3 Å². The maximum Gasteiger partial charge on any atom is 0.340 e. The zero-order valence-electron chi connectivity index (χ0n) is 23.9. The van der Waals surface area contributed by atoms with Crippen LogP contribution in [0.15, 0.2) is 107 Å². The molecule has 0 aliphatic heterocycles. The predicted octanol–water partition coefficient (Wildman–Crippen LogP) is 8.19. The van der Waals surface area contributed by atoms with Gasteiger partial charge in [-0.05, 0) is 71.2 Å². The first-order valence-electron chi connectivity index (χ1n) is 14.3. The molecule has 0 saturated carbocycles. The molecule has 5 aromatic rings. The number of hydrogen-bond acceptors (Lipinski definition) is 5. The molecule has 1 aliphatic rings. The average Bonchev–Trinajstić information content (AvgIpc) is 3.00. The molecule has 6 rings (SSSR count). The lowest BCUT2D eigenvalue weighted by Crippen LogP contribution is -2.19. The van der Waals surface area contributed by atoms with Crippen LogP contribution < -0.4 is 4.18 Å². The molecular formula is C35H32O6S2. The Morgan fingerprint density at radius 1 is 0.721 bits per heavy atom. The molecule has 43 heavy (non-hydrogen) atoms. The second-order valence-corrected chi connectivity index (χ2v) is 14.1. The molecule has 220 valence electrons. The van der Waals surface area contributed by atoms with Gasteiger partial charge in [-0.25, -0.2) is 0 Å². The summed E-state index contributed by atoms with van der Waals surface area (Å²) in [5, 5.41) is 1.65. The van der Waals surface area contributed by atoms with Crippen LogP contribution >= 0.6 is 0 Å². The molecule has 0 amide bonds. The van der Waals surface area contributed by atoms with E-state index >= 15 is 0 Å². The summed E-state index contributed by atoms with van der Waals surface area (Å²) in [5.74, 6) is -0.125. The fraction of sp³-hybridized carbons (Fsp3) is 0.200.